The molecule has 1 rings (SSSR count). The number of ether oxygens (including phenoxy) is 1. The number of hydrogen-bond donors (Lipinski definition) is 2. The summed E-state index contributed by atoms with van der Waals surface area (Å²) in [6, 6.07) is 4.20. The lowest BCUT2D eigenvalue weighted by molar-refractivity contribution is 0.0263. The van der Waals surface area contributed by atoms with Gasteiger partial charge in [0.2, 0.25) is 0 Å². The summed E-state index contributed by atoms with van der Waals surface area (Å²) >= 11 is 1.77. The van der Waals surface area contributed by atoms with Gasteiger partial charge >= 0.3 is 0 Å². The molecule has 0 aliphatic carbocycles. The summed E-state index contributed by atoms with van der Waals surface area (Å²) < 4.78 is 5.37. The molecule has 3 nitrogen and oxygen atoms in total. The monoisotopic (exact) mass is 257 g/mol. The summed E-state index contributed by atoms with van der Waals surface area (Å²) in [6.45, 7) is 6.85. The molecule has 1 heterocycles. The third-order valence-electron chi connectivity index (χ3n) is 2.27. The van der Waals surface area contributed by atoms with Crippen LogP contribution in [0.3, 0.4) is 0 Å². The maximum atomic E-state index is 9.63. The van der Waals surface area contributed by atoms with Gasteiger partial charge in [0.1, 0.15) is 0 Å². The lowest BCUT2D eigenvalue weighted by Crippen LogP contribution is -2.31. The van der Waals surface area contributed by atoms with E-state index in [1.165, 1.54) is 4.88 Å². The van der Waals surface area contributed by atoms with Gasteiger partial charge in [-0.2, -0.15) is 0 Å². The highest BCUT2D eigenvalue weighted by Gasteiger charge is 2.04. The van der Waals surface area contributed by atoms with Gasteiger partial charge in [0, 0.05) is 24.6 Å². The van der Waals surface area contributed by atoms with E-state index in [0.717, 1.165) is 13.0 Å². The van der Waals surface area contributed by atoms with Crippen LogP contribution >= 0.6 is 11.3 Å². The highest BCUT2D eigenvalue weighted by Crippen LogP contribution is 2.07. The molecule has 2 N–H and O–H groups in total. The Bertz CT molecular complexity index is 275. The van der Waals surface area contributed by atoms with E-state index in [0.29, 0.717) is 25.7 Å². The quantitative estimate of drug-likeness (QED) is 0.664. The first-order valence-corrected chi connectivity index (χ1v) is 7.05. The van der Waals surface area contributed by atoms with Crippen LogP contribution in [0.4, 0.5) is 0 Å². The molecule has 0 fully saturated rings. The van der Waals surface area contributed by atoms with Crippen molar-refractivity contribution in [3.8, 4) is 0 Å². The zero-order valence-electron chi connectivity index (χ0n) is 10.7. The minimum atomic E-state index is -0.405. The first-order chi connectivity index (χ1) is 8.18. The van der Waals surface area contributed by atoms with Crippen molar-refractivity contribution in [2.24, 2.45) is 5.92 Å². The van der Waals surface area contributed by atoms with Gasteiger partial charge < -0.3 is 15.2 Å². The van der Waals surface area contributed by atoms with Crippen molar-refractivity contribution in [3.63, 3.8) is 0 Å². The predicted molar refractivity (Wildman–Crippen MR) is 72.6 cm³/mol. The third kappa shape index (κ3) is 7.49. The SMILES string of the molecule is CC(C)COCC(O)CNCCc1cccs1. The van der Waals surface area contributed by atoms with Gasteiger partial charge in [-0.1, -0.05) is 19.9 Å². The smallest absolute Gasteiger partial charge is 0.0897 e. The second-order valence-electron chi connectivity index (χ2n) is 4.62. The number of hydrogen-bond acceptors (Lipinski definition) is 4. The van der Waals surface area contributed by atoms with Crippen LogP contribution in [-0.2, 0) is 11.2 Å². The van der Waals surface area contributed by atoms with Gasteiger partial charge in [-0.15, -0.1) is 11.3 Å². The van der Waals surface area contributed by atoms with E-state index in [4.69, 9.17) is 4.74 Å². The molecular formula is C13H23NO2S. The van der Waals surface area contributed by atoms with Crippen LogP contribution in [0.15, 0.2) is 17.5 Å². The standard InChI is InChI=1S/C13H23NO2S/c1-11(2)9-16-10-12(15)8-14-6-5-13-4-3-7-17-13/h3-4,7,11-12,14-15H,5-6,8-10H2,1-2H3. The summed E-state index contributed by atoms with van der Waals surface area (Å²) in [7, 11) is 0. The number of rotatable bonds is 9. The number of nitrogens with one attached hydrogen (secondary N) is 1. The first kappa shape index (κ1) is 14.6. The average Bonchev–Trinajstić information content (AvgIpc) is 2.76. The largest absolute Gasteiger partial charge is 0.389 e. The van der Waals surface area contributed by atoms with Crippen molar-refractivity contribution in [1.82, 2.24) is 5.32 Å². The Kier molecular flexibility index (Phi) is 7.44. The van der Waals surface area contributed by atoms with Crippen LogP contribution < -0.4 is 5.32 Å². The van der Waals surface area contributed by atoms with Crippen LogP contribution in [0.2, 0.25) is 0 Å². The molecule has 0 bridgehead atoms. The number of aliphatic hydroxyl groups excluding tert-OH is 1. The number of aliphatic hydroxyl groups is 1. The Morgan fingerprint density at radius 3 is 2.88 bits per heavy atom. The molecule has 0 spiro atoms. The lowest BCUT2D eigenvalue weighted by atomic mass is 10.2. The first-order valence-electron chi connectivity index (χ1n) is 6.17. The van der Waals surface area contributed by atoms with Gasteiger partial charge in [-0.25, -0.2) is 0 Å². The fourth-order valence-corrected chi connectivity index (χ4v) is 2.14. The van der Waals surface area contributed by atoms with Crippen LogP contribution in [0.1, 0.15) is 18.7 Å². The molecular weight excluding hydrogens is 234 g/mol. The van der Waals surface area contributed by atoms with E-state index in [1.54, 1.807) is 11.3 Å². The van der Waals surface area contributed by atoms with E-state index in [9.17, 15) is 5.11 Å². The normalized spacial score (nSPS) is 13.2. The second kappa shape index (κ2) is 8.64. The maximum absolute atomic E-state index is 9.63. The Balaban J connectivity index is 1.95. The Morgan fingerprint density at radius 2 is 2.24 bits per heavy atom. The molecule has 0 radical (unpaired) electrons. The highest BCUT2D eigenvalue weighted by atomic mass is 32.1. The van der Waals surface area contributed by atoms with Crippen LogP contribution in [0.5, 0.6) is 0 Å². The zero-order valence-corrected chi connectivity index (χ0v) is 11.5. The summed E-state index contributed by atoms with van der Waals surface area (Å²) in [5, 5.41) is 15.0. The molecule has 0 saturated carbocycles. The molecule has 0 aliphatic rings. The third-order valence-corrected chi connectivity index (χ3v) is 3.21. The van der Waals surface area contributed by atoms with Gasteiger partial charge in [0.15, 0.2) is 0 Å². The lowest BCUT2D eigenvalue weighted by Gasteiger charge is -2.13. The molecule has 1 atom stereocenters. The zero-order chi connectivity index (χ0) is 12.5. The minimum absolute atomic E-state index is 0.405. The average molecular weight is 257 g/mol. The highest BCUT2D eigenvalue weighted by molar-refractivity contribution is 7.09. The molecule has 0 aliphatic heterocycles. The molecule has 1 unspecified atom stereocenters. The predicted octanol–water partition coefficient (Wildman–Crippen LogP) is 1.91. The van der Waals surface area contributed by atoms with Crippen molar-refractivity contribution >= 4 is 11.3 Å². The number of thiophene rings is 1. The summed E-state index contributed by atoms with van der Waals surface area (Å²) in [6.07, 6.45) is 0.620. The topological polar surface area (TPSA) is 41.5 Å². The Hall–Kier alpha value is -0.420. The molecule has 1 aromatic heterocycles. The van der Waals surface area contributed by atoms with Gasteiger partial charge in [-0.05, 0) is 23.8 Å². The molecule has 98 valence electrons. The van der Waals surface area contributed by atoms with Crippen molar-refractivity contribution in [1.29, 1.82) is 0 Å². The summed E-state index contributed by atoms with van der Waals surface area (Å²) in [5.74, 6) is 0.522. The van der Waals surface area contributed by atoms with Gasteiger partial charge in [0.25, 0.3) is 0 Å². The van der Waals surface area contributed by atoms with Crippen LogP contribution in [0.25, 0.3) is 0 Å². The molecule has 4 heteroatoms. The van der Waals surface area contributed by atoms with E-state index >= 15 is 0 Å². The molecule has 0 saturated heterocycles. The Labute approximate surface area is 108 Å². The fourth-order valence-electron chi connectivity index (χ4n) is 1.43. The molecule has 0 aromatic carbocycles. The molecule has 0 amide bonds. The maximum Gasteiger partial charge on any atom is 0.0897 e. The van der Waals surface area contributed by atoms with E-state index in [1.807, 2.05) is 0 Å². The van der Waals surface area contributed by atoms with Gasteiger partial charge in [-0.3, -0.25) is 0 Å². The van der Waals surface area contributed by atoms with E-state index < -0.39 is 6.10 Å². The summed E-state index contributed by atoms with van der Waals surface area (Å²) in [4.78, 5) is 1.38. The van der Waals surface area contributed by atoms with Crippen molar-refractivity contribution < 1.29 is 9.84 Å². The summed E-state index contributed by atoms with van der Waals surface area (Å²) in [5.41, 5.74) is 0. The second-order valence-corrected chi connectivity index (χ2v) is 5.65. The fraction of sp³-hybridized carbons (Fsp3) is 0.692. The van der Waals surface area contributed by atoms with E-state index in [-0.39, 0.29) is 0 Å². The van der Waals surface area contributed by atoms with Crippen LogP contribution in [-0.4, -0.2) is 37.5 Å². The van der Waals surface area contributed by atoms with Crippen molar-refractivity contribution in [3.05, 3.63) is 22.4 Å². The van der Waals surface area contributed by atoms with Crippen LogP contribution in [0, 0.1) is 5.92 Å². The van der Waals surface area contributed by atoms with E-state index in [2.05, 4.69) is 36.7 Å². The van der Waals surface area contributed by atoms with Crippen molar-refractivity contribution in [2.45, 2.75) is 26.4 Å². The minimum Gasteiger partial charge on any atom is -0.389 e. The Morgan fingerprint density at radius 1 is 1.41 bits per heavy atom. The molecule has 1 aromatic rings. The van der Waals surface area contributed by atoms with Crippen molar-refractivity contribution in [2.75, 3.05) is 26.3 Å². The molecule has 17 heavy (non-hydrogen) atoms. The van der Waals surface area contributed by atoms with Gasteiger partial charge in [0.05, 0.1) is 12.7 Å².